The Labute approximate surface area is 183 Å². The number of hydrogen-bond donors (Lipinski definition) is 3. The highest BCUT2D eigenvalue weighted by molar-refractivity contribution is 5.97. The van der Waals surface area contributed by atoms with E-state index in [9.17, 15) is 27.9 Å². The highest BCUT2D eigenvalue weighted by atomic mass is 19.4. The minimum atomic E-state index is -4.50. The van der Waals surface area contributed by atoms with E-state index < -0.39 is 23.8 Å². The minimum absolute atomic E-state index is 0.0340. The number of alkyl halides is 3. The molecule has 0 saturated carbocycles. The Morgan fingerprint density at radius 3 is 2.25 bits per heavy atom. The van der Waals surface area contributed by atoms with Crippen molar-refractivity contribution in [3.8, 4) is 0 Å². The first-order chi connectivity index (χ1) is 15.2. The number of aliphatic hydroxyl groups excluding tert-OH is 1. The molecule has 1 aliphatic heterocycles. The van der Waals surface area contributed by atoms with Gasteiger partial charge in [0, 0.05) is 37.4 Å². The Morgan fingerprint density at radius 1 is 1.03 bits per heavy atom. The van der Waals surface area contributed by atoms with E-state index in [0.717, 1.165) is 43.9 Å². The highest BCUT2D eigenvalue weighted by Crippen LogP contribution is 2.30. The zero-order chi connectivity index (χ0) is 23.1. The van der Waals surface area contributed by atoms with E-state index in [1.807, 2.05) is 0 Å². The molecule has 3 rings (SSSR count). The second kappa shape index (κ2) is 10.6. The lowest BCUT2D eigenvalue weighted by atomic mass is 10.1. The van der Waals surface area contributed by atoms with Gasteiger partial charge in [0.15, 0.2) is 6.10 Å². The molecular formula is C22H24F3N3O4. The molecule has 7 nitrogen and oxygen atoms in total. The number of benzene rings is 2. The number of amides is 2. The summed E-state index contributed by atoms with van der Waals surface area (Å²) in [7, 11) is 0. The lowest BCUT2D eigenvalue weighted by molar-refractivity contribution is -0.137. The molecule has 10 heteroatoms. The van der Waals surface area contributed by atoms with Crippen LogP contribution in [0.3, 0.4) is 0 Å². The number of halogens is 3. The molecule has 2 aromatic carbocycles. The Bertz CT molecular complexity index is 912. The van der Waals surface area contributed by atoms with Crippen molar-refractivity contribution in [2.45, 2.75) is 12.3 Å². The van der Waals surface area contributed by atoms with Gasteiger partial charge in [0.25, 0.3) is 11.8 Å². The van der Waals surface area contributed by atoms with E-state index in [-0.39, 0.29) is 11.5 Å². The fourth-order valence-corrected chi connectivity index (χ4v) is 3.18. The number of nitrogens with one attached hydrogen (secondary N) is 2. The first-order valence-corrected chi connectivity index (χ1v) is 10.1. The van der Waals surface area contributed by atoms with Crippen LogP contribution in [0.15, 0.2) is 48.5 Å². The largest absolute Gasteiger partial charge is 0.416 e. The molecule has 0 radical (unpaired) electrons. The van der Waals surface area contributed by atoms with Crippen molar-refractivity contribution in [1.29, 1.82) is 0 Å². The van der Waals surface area contributed by atoms with Crippen molar-refractivity contribution < 1.29 is 32.6 Å². The Kier molecular flexibility index (Phi) is 7.84. The van der Waals surface area contributed by atoms with Crippen LogP contribution in [0.25, 0.3) is 0 Å². The van der Waals surface area contributed by atoms with Crippen LogP contribution in [0.1, 0.15) is 27.6 Å². The number of hydrogen-bond acceptors (Lipinski definition) is 5. The van der Waals surface area contributed by atoms with Gasteiger partial charge in [-0.2, -0.15) is 13.2 Å². The molecule has 1 atom stereocenters. The van der Waals surface area contributed by atoms with Crippen molar-refractivity contribution in [2.24, 2.45) is 0 Å². The summed E-state index contributed by atoms with van der Waals surface area (Å²) in [6, 6.07) is 9.79. The molecule has 3 N–H and O–H groups in total. The number of carbonyl (C=O) groups excluding carboxylic acids is 2. The molecule has 2 amide bonds. The van der Waals surface area contributed by atoms with Crippen LogP contribution in [-0.2, 0) is 15.7 Å². The third-order valence-electron chi connectivity index (χ3n) is 5.03. The van der Waals surface area contributed by atoms with Crippen LogP contribution in [0.5, 0.6) is 0 Å². The summed E-state index contributed by atoms with van der Waals surface area (Å²) in [4.78, 5) is 26.7. The van der Waals surface area contributed by atoms with Crippen molar-refractivity contribution in [3.63, 3.8) is 0 Å². The van der Waals surface area contributed by atoms with Crippen molar-refractivity contribution in [3.05, 3.63) is 65.2 Å². The number of nitrogens with zero attached hydrogens (tertiary/aromatic N) is 1. The molecule has 2 aromatic rings. The van der Waals surface area contributed by atoms with Gasteiger partial charge >= 0.3 is 6.18 Å². The van der Waals surface area contributed by atoms with E-state index in [4.69, 9.17) is 4.74 Å². The molecule has 1 aliphatic rings. The van der Waals surface area contributed by atoms with E-state index in [1.165, 1.54) is 24.3 Å². The molecular weight excluding hydrogens is 427 g/mol. The van der Waals surface area contributed by atoms with Gasteiger partial charge in [-0.15, -0.1) is 0 Å². The van der Waals surface area contributed by atoms with Gasteiger partial charge in [0.2, 0.25) is 0 Å². The predicted octanol–water partition coefficient (Wildman–Crippen LogP) is 2.44. The smallest absolute Gasteiger partial charge is 0.379 e. The summed E-state index contributed by atoms with van der Waals surface area (Å²) >= 11 is 0. The number of morpholine rings is 1. The average Bonchev–Trinajstić information content (AvgIpc) is 2.79. The van der Waals surface area contributed by atoms with Crippen LogP contribution < -0.4 is 10.6 Å². The number of anilines is 1. The first kappa shape index (κ1) is 23.7. The summed E-state index contributed by atoms with van der Waals surface area (Å²) in [6.07, 6.45) is -6.14. The normalized spacial score (nSPS) is 15.8. The molecule has 172 valence electrons. The molecule has 0 bridgehead atoms. The van der Waals surface area contributed by atoms with Gasteiger partial charge in [-0.25, -0.2) is 0 Å². The average molecular weight is 451 g/mol. The molecule has 1 fully saturated rings. The van der Waals surface area contributed by atoms with Gasteiger partial charge in [-0.3, -0.25) is 14.5 Å². The standard InChI is InChI=1S/C22H24F3N3O4/c23-22(24,25)17-5-1-15(2-6-17)19(29)21(31)27-18-7-3-16(4-8-18)20(30)26-9-10-28-11-13-32-14-12-28/h1-8,19,29H,9-14H2,(H,26,30)(H,27,31). The van der Waals surface area contributed by atoms with Gasteiger partial charge in [-0.1, -0.05) is 12.1 Å². The van der Waals surface area contributed by atoms with Crippen LogP contribution in [0.4, 0.5) is 18.9 Å². The maximum Gasteiger partial charge on any atom is 0.416 e. The molecule has 1 heterocycles. The number of ether oxygens (including phenoxy) is 1. The van der Waals surface area contributed by atoms with Crippen LogP contribution in [0.2, 0.25) is 0 Å². The quantitative estimate of drug-likeness (QED) is 0.602. The number of aliphatic hydroxyl groups is 1. The Balaban J connectivity index is 1.49. The SMILES string of the molecule is O=C(NCCN1CCOCC1)c1ccc(NC(=O)C(O)c2ccc(C(F)(F)F)cc2)cc1. The maximum absolute atomic E-state index is 12.6. The second-order valence-corrected chi connectivity index (χ2v) is 7.30. The molecule has 1 unspecified atom stereocenters. The fourth-order valence-electron chi connectivity index (χ4n) is 3.18. The second-order valence-electron chi connectivity index (χ2n) is 7.30. The molecule has 0 spiro atoms. The third-order valence-corrected chi connectivity index (χ3v) is 5.03. The summed E-state index contributed by atoms with van der Waals surface area (Å²) in [6.45, 7) is 4.27. The summed E-state index contributed by atoms with van der Waals surface area (Å²) in [5.41, 5.74) is -0.0847. The molecule has 1 saturated heterocycles. The summed E-state index contributed by atoms with van der Waals surface area (Å²) in [5.74, 6) is -1.05. The van der Waals surface area contributed by atoms with Gasteiger partial charge in [0.05, 0.1) is 18.8 Å². The first-order valence-electron chi connectivity index (χ1n) is 10.1. The fraction of sp³-hybridized carbons (Fsp3) is 0.364. The van der Waals surface area contributed by atoms with Crippen LogP contribution in [0, 0.1) is 0 Å². The van der Waals surface area contributed by atoms with Crippen molar-refractivity contribution >= 4 is 17.5 Å². The zero-order valence-electron chi connectivity index (χ0n) is 17.2. The molecule has 0 aromatic heterocycles. The molecule has 0 aliphatic carbocycles. The van der Waals surface area contributed by atoms with Crippen LogP contribution >= 0.6 is 0 Å². The lowest BCUT2D eigenvalue weighted by Crippen LogP contribution is -2.41. The van der Waals surface area contributed by atoms with E-state index in [1.54, 1.807) is 0 Å². The predicted molar refractivity (Wildman–Crippen MR) is 111 cm³/mol. The number of rotatable bonds is 7. The van der Waals surface area contributed by atoms with Gasteiger partial charge in [0.1, 0.15) is 0 Å². The van der Waals surface area contributed by atoms with E-state index in [2.05, 4.69) is 15.5 Å². The Morgan fingerprint density at radius 2 is 1.66 bits per heavy atom. The van der Waals surface area contributed by atoms with Crippen molar-refractivity contribution in [2.75, 3.05) is 44.7 Å². The van der Waals surface area contributed by atoms with E-state index >= 15 is 0 Å². The van der Waals surface area contributed by atoms with E-state index in [0.29, 0.717) is 31.0 Å². The zero-order valence-corrected chi connectivity index (χ0v) is 17.2. The molecule has 32 heavy (non-hydrogen) atoms. The third kappa shape index (κ3) is 6.52. The van der Waals surface area contributed by atoms with Crippen LogP contribution in [-0.4, -0.2) is 61.2 Å². The summed E-state index contributed by atoms with van der Waals surface area (Å²) < 4.78 is 43.2. The number of carbonyl (C=O) groups is 2. The monoisotopic (exact) mass is 451 g/mol. The maximum atomic E-state index is 12.6. The van der Waals surface area contributed by atoms with Crippen molar-refractivity contribution in [1.82, 2.24) is 10.2 Å². The van der Waals surface area contributed by atoms with Gasteiger partial charge in [-0.05, 0) is 42.0 Å². The highest BCUT2D eigenvalue weighted by Gasteiger charge is 2.30. The Hall–Kier alpha value is -2.95. The topological polar surface area (TPSA) is 90.9 Å². The van der Waals surface area contributed by atoms with Gasteiger partial charge < -0.3 is 20.5 Å². The lowest BCUT2D eigenvalue weighted by Gasteiger charge is -2.26. The minimum Gasteiger partial charge on any atom is -0.379 e. The summed E-state index contributed by atoms with van der Waals surface area (Å²) in [5, 5.41) is 15.4.